The van der Waals surface area contributed by atoms with Crippen LogP contribution in [0, 0.1) is 0 Å². The summed E-state index contributed by atoms with van der Waals surface area (Å²) in [5.41, 5.74) is 2.48. The summed E-state index contributed by atoms with van der Waals surface area (Å²) in [6, 6.07) is 12.2. The Kier molecular flexibility index (Phi) is 6.03. The predicted molar refractivity (Wildman–Crippen MR) is 89.6 cm³/mol. The third kappa shape index (κ3) is 5.37. The van der Waals surface area contributed by atoms with Crippen LogP contribution in [0.5, 0.6) is 0 Å². The molecule has 4 heteroatoms. The van der Waals surface area contributed by atoms with Crippen LogP contribution in [-0.4, -0.2) is 23.5 Å². The molecule has 2 aromatic rings. The van der Waals surface area contributed by atoms with Crippen molar-refractivity contribution >= 4 is 17.4 Å². The molecule has 1 aromatic heterocycles. The van der Waals surface area contributed by atoms with Crippen LogP contribution in [-0.2, 0) is 13.1 Å². The lowest BCUT2D eigenvalue weighted by atomic mass is 10.2. The second-order valence-corrected chi connectivity index (χ2v) is 5.71. The lowest BCUT2D eigenvalue weighted by Crippen LogP contribution is -2.17. The number of anilines is 1. The van der Waals surface area contributed by atoms with Crippen molar-refractivity contribution in [1.29, 1.82) is 0 Å². The van der Waals surface area contributed by atoms with Crippen LogP contribution in [0.25, 0.3) is 0 Å². The molecule has 1 N–H and O–H groups in total. The molecule has 0 bridgehead atoms. The molecule has 0 unspecified atom stereocenters. The van der Waals surface area contributed by atoms with Gasteiger partial charge in [0.1, 0.15) is 5.82 Å². The molecule has 0 amide bonds. The van der Waals surface area contributed by atoms with Gasteiger partial charge < -0.3 is 5.32 Å². The Balaban J connectivity index is 1.94. The maximum absolute atomic E-state index is 6.02. The Morgan fingerprint density at radius 1 is 1.14 bits per heavy atom. The van der Waals surface area contributed by atoms with E-state index in [4.69, 9.17) is 11.6 Å². The monoisotopic (exact) mass is 303 g/mol. The molecule has 0 spiro atoms. The molecule has 0 radical (unpaired) electrons. The number of hydrogen-bond donors (Lipinski definition) is 1. The SMILES string of the molecule is CCCNc1cc(CN(C)Cc2cccc(Cl)c2)ccn1. The number of pyridine rings is 1. The van der Waals surface area contributed by atoms with Crippen molar-refractivity contribution < 1.29 is 0 Å². The summed E-state index contributed by atoms with van der Waals surface area (Å²) in [7, 11) is 2.11. The summed E-state index contributed by atoms with van der Waals surface area (Å²) < 4.78 is 0. The Bertz CT molecular complexity index is 571. The highest BCUT2D eigenvalue weighted by molar-refractivity contribution is 6.30. The van der Waals surface area contributed by atoms with Gasteiger partial charge >= 0.3 is 0 Å². The van der Waals surface area contributed by atoms with E-state index < -0.39 is 0 Å². The third-order valence-corrected chi connectivity index (χ3v) is 3.41. The minimum Gasteiger partial charge on any atom is -0.370 e. The highest BCUT2D eigenvalue weighted by Gasteiger charge is 2.04. The summed E-state index contributed by atoms with van der Waals surface area (Å²) >= 11 is 6.02. The summed E-state index contributed by atoms with van der Waals surface area (Å²) in [6.45, 7) is 4.86. The van der Waals surface area contributed by atoms with E-state index in [1.807, 2.05) is 24.4 Å². The molecule has 0 fully saturated rings. The van der Waals surface area contributed by atoms with Crippen molar-refractivity contribution in [3.8, 4) is 0 Å². The molecule has 1 aromatic carbocycles. The first-order valence-electron chi connectivity index (χ1n) is 7.29. The third-order valence-electron chi connectivity index (χ3n) is 3.17. The normalized spacial score (nSPS) is 10.9. The van der Waals surface area contributed by atoms with Crippen LogP contribution in [0.1, 0.15) is 24.5 Å². The van der Waals surface area contributed by atoms with Crippen molar-refractivity contribution in [3.05, 3.63) is 58.7 Å². The van der Waals surface area contributed by atoms with Crippen LogP contribution in [0.3, 0.4) is 0 Å². The van der Waals surface area contributed by atoms with E-state index in [9.17, 15) is 0 Å². The van der Waals surface area contributed by atoms with E-state index in [-0.39, 0.29) is 0 Å². The van der Waals surface area contributed by atoms with Gasteiger partial charge in [-0.15, -0.1) is 0 Å². The summed E-state index contributed by atoms with van der Waals surface area (Å²) in [5.74, 6) is 0.950. The van der Waals surface area contributed by atoms with Gasteiger partial charge in [0.2, 0.25) is 0 Å². The lowest BCUT2D eigenvalue weighted by Gasteiger charge is -2.17. The summed E-state index contributed by atoms with van der Waals surface area (Å²) in [5, 5.41) is 4.11. The van der Waals surface area contributed by atoms with Crippen LogP contribution in [0.4, 0.5) is 5.82 Å². The zero-order valence-corrected chi connectivity index (χ0v) is 13.4. The second-order valence-electron chi connectivity index (χ2n) is 5.28. The first-order chi connectivity index (χ1) is 10.2. The molecule has 3 nitrogen and oxygen atoms in total. The maximum Gasteiger partial charge on any atom is 0.126 e. The minimum atomic E-state index is 0.788. The number of halogens is 1. The van der Waals surface area contributed by atoms with E-state index in [0.29, 0.717) is 0 Å². The molecule has 2 rings (SSSR count). The fourth-order valence-electron chi connectivity index (χ4n) is 2.24. The zero-order chi connectivity index (χ0) is 15.1. The molecule has 0 aliphatic heterocycles. The van der Waals surface area contributed by atoms with Gasteiger partial charge in [0, 0.05) is 30.9 Å². The fraction of sp³-hybridized carbons (Fsp3) is 0.353. The molecular weight excluding hydrogens is 282 g/mol. The first-order valence-corrected chi connectivity index (χ1v) is 7.67. The van der Waals surface area contributed by atoms with Crippen LogP contribution < -0.4 is 5.32 Å². The Labute approximate surface area is 132 Å². The Morgan fingerprint density at radius 3 is 2.62 bits per heavy atom. The van der Waals surface area contributed by atoms with Crippen LogP contribution >= 0.6 is 11.6 Å². The highest BCUT2D eigenvalue weighted by Crippen LogP contribution is 2.14. The zero-order valence-electron chi connectivity index (χ0n) is 12.6. The minimum absolute atomic E-state index is 0.788. The quantitative estimate of drug-likeness (QED) is 0.831. The van der Waals surface area contributed by atoms with Crippen molar-refractivity contribution in [2.75, 3.05) is 18.9 Å². The number of rotatable bonds is 7. The Hall–Kier alpha value is -1.58. The standard InChI is InChI=1S/C17H22ClN3/c1-3-8-19-17-11-15(7-9-20-17)13-21(2)12-14-5-4-6-16(18)10-14/h4-7,9-11H,3,8,12-13H2,1-2H3,(H,19,20). The van der Waals surface area contributed by atoms with Crippen LogP contribution in [0.15, 0.2) is 42.6 Å². The van der Waals surface area contributed by atoms with Gasteiger partial charge in [0.15, 0.2) is 0 Å². The van der Waals surface area contributed by atoms with Gasteiger partial charge in [-0.1, -0.05) is 30.7 Å². The molecule has 0 saturated heterocycles. The number of benzene rings is 1. The predicted octanol–water partition coefficient (Wildman–Crippen LogP) is 4.19. The molecule has 21 heavy (non-hydrogen) atoms. The van der Waals surface area contributed by atoms with Gasteiger partial charge in [-0.2, -0.15) is 0 Å². The van der Waals surface area contributed by atoms with E-state index in [0.717, 1.165) is 36.9 Å². The van der Waals surface area contributed by atoms with Crippen molar-refractivity contribution in [1.82, 2.24) is 9.88 Å². The van der Waals surface area contributed by atoms with Gasteiger partial charge in [-0.3, -0.25) is 4.90 Å². The summed E-state index contributed by atoms with van der Waals surface area (Å²) in [4.78, 5) is 6.60. The molecule has 112 valence electrons. The van der Waals surface area contributed by atoms with Crippen LogP contribution in [0.2, 0.25) is 5.02 Å². The average Bonchev–Trinajstić information content (AvgIpc) is 2.45. The number of aromatic nitrogens is 1. The van der Waals surface area contributed by atoms with Gasteiger partial charge in [0.25, 0.3) is 0 Å². The number of nitrogens with zero attached hydrogens (tertiary/aromatic N) is 2. The molecule has 0 atom stereocenters. The second kappa shape index (κ2) is 8.01. The molecule has 1 heterocycles. The Morgan fingerprint density at radius 2 is 1.90 bits per heavy atom. The van der Waals surface area contributed by atoms with E-state index in [1.165, 1.54) is 11.1 Å². The first kappa shape index (κ1) is 15.8. The molecule has 0 saturated carbocycles. The smallest absolute Gasteiger partial charge is 0.126 e. The lowest BCUT2D eigenvalue weighted by molar-refractivity contribution is 0.319. The number of hydrogen-bond acceptors (Lipinski definition) is 3. The molecular formula is C17H22ClN3. The van der Waals surface area contributed by atoms with Gasteiger partial charge in [-0.25, -0.2) is 4.98 Å². The van der Waals surface area contributed by atoms with Crippen molar-refractivity contribution in [2.45, 2.75) is 26.4 Å². The van der Waals surface area contributed by atoms with Crippen molar-refractivity contribution in [2.24, 2.45) is 0 Å². The van der Waals surface area contributed by atoms with Crippen molar-refractivity contribution in [3.63, 3.8) is 0 Å². The van der Waals surface area contributed by atoms with E-state index >= 15 is 0 Å². The highest BCUT2D eigenvalue weighted by atomic mass is 35.5. The largest absolute Gasteiger partial charge is 0.370 e. The average molecular weight is 304 g/mol. The summed E-state index contributed by atoms with van der Waals surface area (Å²) in [6.07, 6.45) is 2.96. The molecule has 0 aliphatic carbocycles. The van der Waals surface area contributed by atoms with Gasteiger partial charge in [0.05, 0.1) is 0 Å². The maximum atomic E-state index is 6.02. The van der Waals surface area contributed by atoms with E-state index in [2.05, 4.69) is 47.4 Å². The molecule has 0 aliphatic rings. The number of nitrogens with one attached hydrogen (secondary N) is 1. The fourth-order valence-corrected chi connectivity index (χ4v) is 2.45. The van der Waals surface area contributed by atoms with Gasteiger partial charge in [-0.05, 0) is 48.9 Å². The topological polar surface area (TPSA) is 28.2 Å². The van der Waals surface area contributed by atoms with E-state index in [1.54, 1.807) is 0 Å².